The highest BCUT2D eigenvalue weighted by Crippen LogP contribution is 2.36. The van der Waals surface area contributed by atoms with Gasteiger partial charge in [0.1, 0.15) is 0 Å². The Balaban J connectivity index is 2.55. The molecule has 0 aliphatic heterocycles. The summed E-state index contributed by atoms with van der Waals surface area (Å²) in [5.74, 6) is 0. The van der Waals surface area contributed by atoms with Gasteiger partial charge in [0.25, 0.3) is 0 Å². The van der Waals surface area contributed by atoms with E-state index < -0.39 is 0 Å². The molecule has 24 heavy (non-hydrogen) atoms. The highest BCUT2D eigenvalue weighted by Gasteiger charge is 2.24. The molecule has 2 rings (SSSR count). The van der Waals surface area contributed by atoms with Crippen molar-refractivity contribution in [3.63, 3.8) is 0 Å². The lowest BCUT2D eigenvalue weighted by atomic mass is 9.80. The van der Waals surface area contributed by atoms with Gasteiger partial charge in [0.2, 0.25) is 0 Å². The minimum absolute atomic E-state index is 0.122. The molecule has 0 amide bonds. The summed E-state index contributed by atoms with van der Waals surface area (Å²) in [6.07, 6.45) is 0.897. The van der Waals surface area contributed by atoms with Crippen LogP contribution in [0.3, 0.4) is 0 Å². The summed E-state index contributed by atoms with van der Waals surface area (Å²) in [4.78, 5) is 0.967. The van der Waals surface area contributed by atoms with Crippen molar-refractivity contribution in [2.24, 2.45) is 0 Å². The van der Waals surface area contributed by atoms with E-state index in [1.165, 1.54) is 16.7 Å². The topological polar surface area (TPSA) is 20.2 Å². The molecule has 1 nitrogen and oxygen atoms in total. The van der Waals surface area contributed by atoms with Crippen LogP contribution in [0.1, 0.15) is 57.7 Å². The lowest BCUT2D eigenvalue weighted by molar-refractivity contribution is 0.201. The highest BCUT2D eigenvalue weighted by molar-refractivity contribution is 7.80. The summed E-state index contributed by atoms with van der Waals surface area (Å²) in [7, 11) is 0. The Bertz CT molecular complexity index is 721. The van der Waals surface area contributed by atoms with Crippen molar-refractivity contribution in [3.8, 4) is 11.1 Å². The van der Waals surface area contributed by atoms with E-state index >= 15 is 0 Å². The van der Waals surface area contributed by atoms with Crippen LogP contribution < -0.4 is 0 Å². The van der Waals surface area contributed by atoms with Gasteiger partial charge in [0.05, 0.1) is 6.61 Å². The van der Waals surface area contributed by atoms with Crippen molar-refractivity contribution in [2.45, 2.75) is 63.7 Å². The summed E-state index contributed by atoms with van der Waals surface area (Å²) in [6.45, 7) is 13.2. The summed E-state index contributed by atoms with van der Waals surface area (Å²) in [5, 5.41) is 9.76. The zero-order chi connectivity index (χ0) is 18.1. The van der Waals surface area contributed by atoms with Gasteiger partial charge in [-0.15, -0.1) is 12.6 Å². The maximum Gasteiger partial charge on any atom is 0.0525 e. The molecule has 2 aromatic rings. The summed E-state index contributed by atoms with van der Waals surface area (Å²) >= 11 is 4.76. The smallest absolute Gasteiger partial charge is 0.0525 e. The highest BCUT2D eigenvalue weighted by atomic mass is 32.1. The average molecular weight is 343 g/mol. The number of hydrogen-bond donors (Lipinski definition) is 2. The van der Waals surface area contributed by atoms with E-state index in [-0.39, 0.29) is 17.4 Å². The minimum Gasteiger partial charge on any atom is -0.395 e. The van der Waals surface area contributed by atoms with E-state index in [2.05, 4.69) is 77.9 Å². The van der Waals surface area contributed by atoms with Crippen LogP contribution in [0.2, 0.25) is 0 Å². The number of aliphatic hydroxyl groups excluding tert-OH is 1. The van der Waals surface area contributed by atoms with Crippen LogP contribution in [0.5, 0.6) is 0 Å². The van der Waals surface area contributed by atoms with E-state index in [1.807, 2.05) is 0 Å². The van der Waals surface area contributed by atoms with Gasteiger partial charge < -0.3 is 5.11 Å². The molecule has 0 radical (unpaired) electrons. The third-order valence-electron chi connectivity index (χ3n) is 5.22. The monoisotopic (exact) mass is 342 g/mol. The predicted octanol–water partition coefficient (Wildman–Crippen LogP) is 5.91. The van der Waals surface area contributed by atoms with E-state index in [0.717, 1.165) is 22.4 Å². The van der Waals surface area contributed by atoms with E-state index in [0.29, 0.717) is 0 Å². The first-order chi connectivity index (χ1) is 11.1. The fraction of sp³-hybridized carbons (Fsp3) is 0.455. The normalized spacial score (nSPS) is 14.5. The van der Waals surface area contributed by atoms with Crippen LogP contribution >= 0.6 is 12.6 Å². The van der Waals surface area contributed by atoms with Crippen molar-refractivity contribution < 1.29 is 5.11 Å². The van der Waals surface area contributed by atoms with E-state index in [9.17, 15) is 5.11 Å². The van der Waals surface area contributed by atoms with Gasteiger partial charge in [-0.2, -0.15) is 0 Å². The first-order valence-electron chi connectivity index (χ1n) is 8.68. The Labute approximate surface area is 152 Å². The van der Waals surface area contributed by atoms with Gasteiger partial charge in [-0.25, -0.2) is 0 Å². The number of aryl methyl sites for hydroxylation is 1. The lowest BCUT2D eigenvalue weighted by Gasteiger charge is -2.27. The molecule has 1 unspecified atom stereocenters. The fourth-order valence-electron chi connectivity index (χ4n) is 2.92. The first-order valence-corrected chi connectivity index (χ1v) is 9.13. The molecule has 0 bridgehead atoms. The first kappa shape index (κ1) is 19.1. The van der Waals surface area contributed by atoms with Crippen LogP contribution in [0.25, 0.3) is 11.1 Å². The Morgan fingerprint density at radius 2 is 1.54 bits per heavy atom. The third-order valence-corrected chi connectivity index (χ3v) is 5.59. The molecule has 0 spiro atoms. The van der Waals surface area contributed by atoms with Gasteiger partial charge in [-0.3, -0.25) is 0 Å². The van der Waals surface area contributed by atoms with Gasteiger partial charge in [-0.05, 0) is 52.6 Å². The van der Waals surface area contributed by atoms with Gasteiger partial charge in [-0.1, -0.05) is 65.0 Å². The van der Waals surface area contributed by atoms with Crippen LogP contribution in [0, 0.1) is 6.92 Å². The van der Waals surface area contributed by atoms with Crippen LogP contribution in [0.4, 0.5) is 0 Å². The summed E-state index contributed by atoms with van der Waals surface area (Å²) in [6, 6.07) is 13.1. The molecule has 130 valence electrons. The number of aliphatic hydroxyl groups is 1. The quantitative estimate of drug-likeness (QED) is 0.662. The van der Waals surface area contributed by atoms with Crippen LogP contribution in [-0.2, 0) is 10.8 Å². The minimum atomic E-state index is -0.210. The van der Waals surface area contributed by atoms with Crippen LogP contribution in [0.15, 0.2) is 41.3 Å². The number of benzene rings is 2. The fourth-order valence-corrected chi connectivity index (χ4v) is 3.25. The number of hydrogen-bond acceptors (Lipinski definition) is 2. The molecule has 2 heteroatoms. The molecular formula is C22H30OS. The molecule has 0 heterocycles. The van der Waals surface area contributed by atoms with Crippen molar-refractivity contribution in [1.29, 1.82) is 0 Å². The van der Waals surface area contributed by atoms with Crippen molar-refractivity contribution in [2.75, 3.05) is 6.61 Å². The van der Waals surface area contributed by atoms with Gasteiger partial charge >= 0.3 is 0 Å². The van der Waals surface area contributed by atoms with Gasteiger partial charge in [0.15, 0.2) is 0 Å². The standard InChI is InChI=1S/C22H30OS/c1-7-22(6,14-23)17-10-11-18(20(24)13-17)19-12-16(21(3,4)5)9-8-15(19)2/h8-13,23-24H,7,14H2,1-6H3. The molecule has 1 N–H and O–H groups in total. The maximum atomic E-state index is 9.76. The van der Waals surface area contributed by atoms with E-state index in [1.54, 1.807) is 0 Å². The molecule has 1 atom stereocenters. The molecule has 0 aromatic heterocycles. The Kier molecular flexibility index (Phi) is 5.51. The molecule has 0 fully saturated rings. The van der Waals surface area contributed by atoms with Crippen LogP contribution in [-0.4, -0.2) is 11.7 Å². The molecule has 2 aromatic carbocycles. The van der Waals surface area contributed by atoms with Crippen molar-refractivity contribution in [3.05, 3.63) is 53.1 Å². The summed E-state index contributed by atoms with van der Waals surface area (Å²) in [5.41, 5.74) is 6.03. The zero-order valence-corrected chi connectivity index (χ0v) is 16.7. The SMILES string of the molecule is CCC(C)(CO)c1ccc(-c2cc(C(C)(C)C)ccc2C)c(S)c1. The maximum absolute atomic E-state index is 9.76. The Morgan fingerprint density at radius 1 is 0.917 bits per heavy atom. The molecule has 0 aliphatic carbocycles. The zero-order valence-electron chi connectivity index (χ0n) is 15.8. The second-order valence-corrected chi connectivity index (χ2v) is 8.57. The third kappa shape index (κ3) is 3.70. The number of rotatable bonds is 4. The summed E-state index contributed by atoms with van der Waals surface area (Å²) < 4.78 is 0. The van der Waals surface area contributed by atoms with Gasteiger partial charge in [0, 0.05) is 10.3 Å². The largest absolute Gasteiger partial charge is 0.395 e. The molecule has 0 aliphatic rings. The lowest BCUT2D eigenvalue weighted by Crippen LogP contribution is -2.25. The average Bonchev–Trinajstić information content (AvgIpc) is 2.53. The van der Waals surface area contributed by atoms with E-state index in [4.69, 9.17) is 12.6 Å². The molecule has 0 saturated heterocycles. The second kappa shape index (κ2) is 6.93. The Morgan fingerprint density at radius 3 is 2.04 bits per heavy atom. The second-order valence-electron chi connectivity index (χ2n) is 8.08. The molecule has 0 saturated carbocycles. The van der Waals surface area contributed by atoms with Crippen molar-refractivity contribution >= 4 is 12.6 Å². The molecular weight excluding hydrogens is 312 g/mol. The Hall–Kier alpha value is -1.25. The predicted molar refractivity (Wildman–Crippen MR) is 107 cm³/mol. The van der Waals surface area contributed by atoms with Crippen molar-refractivity contribution in [1.82, 2.24) is 0 Å². The number of thiol groups is 1.